The summed E-state index contributed by atoms with van der Waals surface area (Å²) in [6.07, 6.45) is 2.35. The zero-order valence-electron chi connectivity index (χ0n) is 10.6. The van der Waals surface area contributed by atoms with Gasteiger partial charge < -0.3 is 4.90 Å². The fraction of sp³-hybridized carbons (Fsp3) is 0.400. The lowest BCUT2D eigenvalue weighted by atomic mass is 9.93. The van der Waals surface area contributed by atoms with Crippen molar-refractivity contribution < 1.29 is 4.79 Å². The highest BCUT2D eigenvalue weighted by molar-refractivity contribution is 5.87. The molecule has 0 bridgehead atoms. The Morgan fingerprint density at radius 2 is 2.18 bits per heavy atom. The van der Waals surface area contributed by atoms with Gasteiger partial charge in [-0.25, -0.2) is 0 Å². The third kappa shape index (κ3) is 2.41. The topological polar surface area (TPSA) is 20.3 Å². The van der Waals surface area contributed by atoms with Crippen LogP contribution in [0.1, 0.15) is 36.5 Å². The Hall–Kier alpha value is -1.57. The van der Waals surface area contributed by atoms with E-state index in [0.717, 1.165) is 19.5 Å². The zero-order chi connectivity index (χ0) is 12.4. The molecule has 0 aliphatic carbocycles. The van der Waals surface area contributed by atoms with Gasteiger partial charge in [-0.2, -0.15) is 0 Å². The third-order valence-electron chi connectivity index (χ3n) is 3.40. The number of nitrogens with zero attached hydrogens (tertiary/aromatic N) is 1. The van der Waals surface area contributed by atoms with Gasteiger partial charge in [-0.3, -0.25) is 4.79 Å². The van der Waals surface area contributed by atoms with Crippen LogP contribution in [0.5, 0.6) is 0 Å². The Bertz CT molecular complexity index is 448. The van der Waals surface area contributed by atoms with Gasteiger partial charge in [0, 0.05) is 13.1 Å². The molecule has 0 spiro atoms. The van der Waals surface area contributed by atoms with Crippen molar-refractivity contribution in [1.29, 1.82) is 0 Å². The van der Waals surface area contributed by atoms with E-state index in [9.17, 15) is 4.79 Å². The maximum Gasteiger partial charge on any atom is 0.246 e. The lowest BCUT2D eigenvalue weighted by Crippen LogP contribution is -2.34. The van der Waals surface area contributed by atoms with Crippen molar-refractivity contribution in [3.8, 4) is 0 Å². The SMILES string of the molecule is C=CC(=O)N1CCc2ccc(C(C)C)cc2C1. The summed E-state index contributed by atoms with van der Waals surface area (Å²) in [5.74, 6) is 0.566. The van der Waals surface area contributed by atoms with Crippen molar-refractivity contribution in [2.75, 3.05) is 6.54 Å². The summed E-state index contributed by atoms with van der Waals surface area (Å²) in [7, 11) is 0. The first-order valence-electron chi connectivity index (χ1n) is 6.15. The summed E-state index contributed by atoms with van der Waals surface area (Å²) >= 11 is 0. The molecule has 2 nitrogen and oxygen atoms in total. The predicted octanol–water partition coefficient (Wildman–Crippen LogP) is 2.88. The number of fused-ring (bicyclic) bond motifs is 1. The first kappa shape index (κ1) is 11.9. The number of hydrogen-bond acceptors (Lipinski definition) is 1. The molecule has 1 amide bonds. The minimum Gasteiger partial charge on any atom is -0.335 e. The Labute approximate surface area is 103 Å². The van der Waals surface area contributed by atoms with E-state index in [1.165, 1.54) is 22.8 Å². The molecule has 0 unspecified atom stereocenters. The van der Waals surface area contributed by atoms with Crippen LogP contribution in [0, 0.1) is 0 Å². The number of hydrogen-bond donors (Lipinski definition) is 0. The average molecular weight is 229 g/mol. The van der Waals surface area contributed by atoms with Crippen molar-refractivity contribution in [2.45, 2.75) is 32.7 Å². The van der Waals surface area contributed by atoms with Crippen LogP contribution in [0.25, 0.3) is 0 Å². The highest BCUT2D eigenvalue weighted by atomic mass is 16.2. The van der Waals surface area contributed by atoms with Gasteiger partial charge in [0.25, 0.3) is 0 Å². The summed E-state index contributed by atoms with van der Waals surface area (Å²) in [5.41, 5.74) is 4.01. The molecule has 1 aromatic carbocycles. The monoisotopic (exact) mass is 229 g/mol. The number of carbonyl (C=O) groups is 1. The summed E-state index contributed by atoms with van der Waals surface area (Å²) in [6.45, 7) is 9.46. The molecule has 0 N–H and O–H groups in total. The average Bonchev–Trinajstić information content (AvgIpc) is 2.36. The Morgan fingerprint density at radius 3 is 2.82 bits per heavy atom. The number of rotatable bonds is 2. The molecule has 2 heteroatoms. The van der Waals surface area contributed by atoms with Crippen LogP contribution >= 0.6 is 0 Å². The molecular weight excluding hydrogens is 210 g/mol. The Morgan fingerprint density at radius 1 is 1.41 bits per heavy atom. The molecule has 17 heavy (non-hydrogen) atoms. The highest BCUT2D eigenvalue weighted by Gasteiger charge is 2.19. The van der Waals surface area contributed by atoms with Crippen LogP contribution in [-0.2, 0) is 17.8 Å². The minimum atomic E-state index is 0.0330. The first-order valence-corrected chi connectivity index (χ1v) is 6.15. The second-order valence-corrected chi connectivity index (χ2v) is 4.90. The summed E-state index contributed by atoms with van der Waals surface area (Å²) < 4.78 is 0. The minimum absolute atomic E-state index is 0.0330. The van der Waals surface area contributed by atoms with Crippen LogP contribution in [0.15, 0.2) is 30.9 Å². The highest BCUT2D eigenvalue weighted by Crippen LogP contribution is 2.24. The second kappa shape index (κ2) is 4.74. The second-order valence-electron chi connectivity index (χ2n) is 4.90. The van der Waals surface area contributed by atoms with Crippen molar-refractivity contribution in [3.63, 3.8) is 0 Å². The van der Waals surface area contributed by atoms with Crippen LogP contribution in [0.2, 0.25) is 0 Å². The lowest BCUT2D eigenvalue weighted by molar-refractivity contribution is -0.126. The molecule has 1 heterocycles. The first-order chi connectivity index (χ1) is 8.11. The quantitative estimate of drug-likeness (QED) is 0.714. The summed E-state index contributed by atoms with van der Waals surface area (Å²) in [5, 5.41) is 0. The van der Waals surface area contributed by atoms with Crippen LogP contribution in [0.3, 0.4) is 0 Å². The smallest absolute Gasteiger partial charge is 0.246 e. The van der Waals surface area contributed by atoms with Crippen molar-refractivity contribution in [1.82, 2.24) is 4.90 Å². The zero-order valence-corrected chi connectivity index (χ0v) is 10.6. The lowest BCUT2D eigenvalue weighted by Gasteiger charge is -2.28. The fourth-order valence-electron chi connectivity index (χ4n) is 2.25. The fourth-order valence-corrected chi connectivity index (χ4v) is 2.25. The molecule has 0 radical (unpaired) electrons. The Balaban J connectivity index is 2.26. The van der Waals surface area contributed by atoms with Gasteiger partial charge in [0.15, 0.2) is 0 Å². The molecule has 0 fully saturated rings. The number of carbonyl (C=O) groups excluding carboxylic acids is 1. The molecular formula is C15H19NO. The van der Waals surface area contributed by atoms with Gasteiger partial charge in [0.2, 0.25) is 5.91 Å². The molecule has 0 aromatic heterocycles. The van der Waals surface area contributed by atoms with E-state index in [2.05, 4.69) is 38.6 Å². The van der Waals surface area contributed by atoms with Gasteiger partial charge in [-0.1, -0.05) is 38.6 Å². The van der Waals surface area contributed by atoms with Gasteiger partial charge in [-0.05, 0) is 35.1 Å². The van der Waals surface area contributed by atoms with Gasteiger partial charge in [0.05, 0.1) is 0 Å². The van der Waals surface area contributed by atoms with E-state index >= 15 is 0 Å². The summed E-state index contributed by atoms with van der Waals surface area (Å²) in [4.78, 5) is 13.5. The van der Waals surface area contributed by atoms with Gasteiger partial charge in [-0.15, -0.1) is 0 Å². The molecule has 0 saturated carbocycles. The van der Waals surface area contributed by atoms with Crippen molar-refractivity contribution in [2.24, 2.45) is 0 Å². The Kier molecular flexibility index (Phi) is 3.32. The molecule has 0 saturated heterocycles. The van der Waals surface area contributed by atoms with E-state index in [-0.39, 0.29) is 5.91 Å². The van der Waals surface area contributed by atoms with E-state index < -0.39 is 0 Å². The third-order valence-corrected chi connectivity index (χ3v) is 3.40. The van der Waals surface area contributed by atoms with Crippen molar-refractivity contribution in [3.05, 3.63) is 47.5 Å². The van der Waals surface area contributed by atoms with Crippen LogP contribution in [-0.4, -0.2) is 17.4 Å². The normalized spacial score (nSPS) is 14.6. The molecule has 2 rings (SSSR count). The van der Waals surface area contributed by atoms with E-state index in [1.54, 1.807) is 0 Å². The van der Waals surface area contributed by atoms with E-state index in [1.807, 2.05) is 4.90 Å². The summed E-state index contributed by atoms with van der Waals surface area (Å²) in [6, 6.07) is 6.65. The van der Waals surface area contributed by atoms with Gasteiger partial charge >= 0.3 is 0 Å². The standard InChI is InChI=1S/C15H19NO/c1-4-15(17)16-8-7-12-5-6-13(11(2)3)9-14(12)10-16/h4-6,9,11H,1,7-8,10H2,2-3H3. The number of benzene rings is 1. The molecule has 0 atom stereocenters. The maximum absolute atomic E-state index is 11.6. The molecule has 90 valence electrons. The van der Waals surface area contributed by atoms with E-state index in [0.29, 0.717) is 5.92 Å². The maximum atomic E-state index is 11.6. The van der Waals surface area contributed by atoms with Crippen LogP contribution < -0.4 is 0 Å². The molecule has 1 aromatic rings. The van der Waals surface area contributed by atoms with E-state index in [4.69, 9.17) is 0 Å². The van der Waals surface area contributed by atoms with Crippen LogP contribution in [0.4, 0.5) is 0 Å². The van der Waals surface area contributed by atoms with Gasteiger partial charge in [0.1, 0.15) is 0 Å². The predicted molar refractivity (Wildman–Crippen MR) is 69.8 cm³/mol. The number of amides is 1. The van der Waals surface area contributed by atoms with Crippen molar-refractivity contribution >= 4 is 5.91 Å². The molecule has 1 aliphatic heterocycles. The largest absolute Gasteiger partial charge is 0.335 e. The molecule has 1 aliphatic rings.